The number of nitrogens with one attached hydrogen (secondary N) is 1. The minimum Gasteiger partial charge on any atom is -0.378 e. The van der Waals surface area contributed by atoms with Gasteiger partial charge in [-0.3, -0.25) is 11.3 Å². The molecule has 2 atom stereocenters. The third-order valence-corrected chi connectivity index (χ3v) is 3.49. The Morgan fingerprint density at radius 1 is 1.39 bits per heavy atom. The van der Waals surface area contributed by atoms with Crippen LogP contribution in [-0.2, 0) is 11.2 Å². The third kappa shape index (κ3) is 4.05. The average Bonchev–Trinajstić information content (AvgIpc) is 2.90. The van der Waals surface area contributed by atoms with Crippen molar-refractivity contribution in [2.24, 2.45) is 5.84 Å². The van der Waals surface area contributed by atoms with Crippen LogP contribution in [0.2, 0.25) is 0 Å². The lowest BCUT2D eigenvalue weighted by Crippen LogP contribution is -2.37. The van der Waals surface area contributed by atoms with Gasteiger partial charge in [-0.15, -0.1) is 0 Å². The molecular weight excluding hydrogens is 231 g/mol. The van der Waals surface area contributed by atoms with Gasteiger partial charge in [-0.25, -0.2) is 4.39 Å². The highest BCUT2D eigenvalue weighted by Gasteiger charge is 2.17. The highest BCUT2D eigenvalue weighted by atomic mass is 19.1. The van der Waals surface area contributed by atoms with E-state index in [1.807, 2.05) is 12.1 Å². The molecule has 3 nitrogen and oxygen atoms in total. The molecule has 0 aliphatic carbocycles. The first-order valence-electron chi connectivity index (χ1n) is 6.60. The van der Waals surface area contributed by atoms with Crippen LogP contribution < -0.4 is 11.3 Å². The lowest BCUT2D eigenvalue weighted by atomic mass is 10.00. The maximum atomic E-state index is 12.8. The fourth-order valence-electron chi connectivity index (χ4n) is 2.41. The summed E-state index contributed by atoms with van der Waals surface area (Å²) in [7, 11) is 0. The van der Waals surface area contributed by atoms with Gasteiger partial charge in [0.15, 0.2) is 0 Å². The first-order valence-corrected chi connectivity index (χ1v) is 6.60. The van der Waals surface area contributed by atoms with Gasteiger partial charge in [-0.2, -0.15) is 0 Å². The first-order chi connectivity index (χ1) is 8.78. The van der Waals surface area contributed by atoms with Crippen LogP contribution in [0.1, 0.15) is 31.2 Å². The van der Waals surface area contributed by atoms with Gasteiger partial charge in [0.2, 0.25) is 0 Å². The van der Waals surface area contributed by atoms with Crippen molar-refractivity contribution in [1.29, 1.82) is 0 Å². The summed E-state index contributed by atoms with van der Waals surface area (Å²) in [5, 5.41) is 0. The van der Waals surface area contributed by atoms with E-state index in [9.17, 15) is 4.39 Å². The van der Waals surface area contributed by atoms with E-state index in [4.69, 9.17) is 10.6 Å². The van der Waals surface area contributed by atoms with E-state index in [-0.39, 0.29) is 11.9 Å². The monoisotopic (exact) mass is 252 g/mol. The van der Waals surface area contributed by atoms with E-state index in [2.05, 4.69) is 5.43 Å². The van der Waals surface area contributed by atoms with Gasteiger partial charge in [0.05, 0.1) is 6.10 Å². The standard InChI is InChI=1S/C14H21FN2O/c15-12-5-3-11(4-6-12)10-13(17-16)7-8-14-2-1-9-18-14/h3-6,13-14,17H,1-2,7-10,16H2. The number of benzene rings is 1. The molecule has 1 fully saturated rings. The number of hydrazine groups is 1. The van der Waals surface area contributed by atoms with Crippen LogP contribution in [0.25, 0.3) is 0 Å². The number of hydrogen-bond acceptors (Lipinski definition) is 3. The molecule has 0 spiro atoms. The molecule has 1 saturated heterocycles. The van der Waals surface area contributed by atoms with Gasteiger partial charge in [0, 0.05) is 12.6 Å². The maximum Gasteiger partial charge on any atom is 0.123 e. The zero-order chi connectivity index (χ0) is 12.8. The quantitative estimate of drug-likeness (QED) is 0.602. The number of nitrogens with two attached hydrogens (primary N) is 1. The van der Waals surface area contributed by atoms with E-state index in [0.717, 1.165) is 37.9 Å². The normalized spacial score (nSPS) is 21.1. The SMILES string of the molecule is NNC(CCC1CCCO1)Cc1ccc(F)cc1. The van der Waals surface area contributed by atoms with E-state index >= 15 is 0 Å². The van der Waals surface area contributed by atoms with Crippen molar-refractivity contribution in [2.75, 3.05) is 6.61 Å². The second kappa shape index (κ2) is 6.83. The Balaban J connectivity index is 1.79. The first kappa shape index (κ1) is 13.5. The van der Waals surface area contributed by atoms with Crippen molar-refractivity contribution in [1.82, 2.24) is 5.43 Å². The number of halogens is 1. The van der Waals surface area contributed by atoms with Crippen LogP contribution in [0, 0.1) is 5.82 Å². The number of ether oxygens (including phenoxy) is 1. The van der Waals surface area contributed by atoms with Gasteiger partial charge in [-0.05, 0) is 49.8 Å². The molecule has 100 valence electrons. The van der Waals surface area contributed by atoms with Crippen LogP contribution in [0.4, 0.5) is 4.39 Å². The summed E-state index contributed by atoms with van der Waals surface area (Å²) in [6.07, 6.45) is 5.57. The summed E-state index contributed by atoms with van der Waals surface area (Å²) in [6.45, 7) is 0.892. The molecule has 1 aliphatic heterocycles. The van der Waals surface area contributed by atoms with Gasteiger partial charge in [0.25, 0.3) is 0 Å². The zero-order valence-corrected chi connectivity index (χ0v) is 10.6. The Kier molecular flexibility index (Phi) is 5.11. The van der Waals surface area contributed by atoms with E-state index in [0.29, 0.717) is 6.10 Å². The molecule has 1 aromatic rings. The molecular formula is C14H21FN2O. The Morgan fingerprint density at radius 3 is 2.78 bits per heavy atom. The molecule has 0 bridgehead atoms. The molecule has 0 amide bonds. The fourth-order valence-corrected chi connectivity index (χ4v) is 2.41. The predicted octanol–water partition coefficient (Wildman–Crippen LogP) is 2.16. The summed E-state index contributed by atoms with van der Waals surface area (Å²) >= 11 is 0. The smallest absolute Gasteiger partial charge is 0.123 e. The summed E-state index contributed by atoms with van der Waals surface area (Å²) < 4.78 is 18.4. The van der Waals surface area contributed by atoms with Gasteiger partial charge in [0.1, 0.15) is 5.82 Å². The van der Waals surface area contributed by atoms with Crippen LogP contribution in [-0.4, -0.2) is 18.8 Å². The summed E-state index contributed by atoms with van der Waals surface area (Å²) in [5.41, 5.74) is 3.94. The fraction of sp³-hybridized carbons (Fsp3) is 0.571. The van der Waals surface area contributed by atoms with Crippen molar-refractivity contribution < 1.29 is 9.13 Å². The molecule has 0 saturated carbocycles. The van der Waals surface area contributed by atoms with Crippen LogP contribution in [0.5, 0.6) is 0 Å². The highest BCUT2D eigenvalue weighted by Crippen LogP contribution is 2.18. The molecule has 1 heterocycles. The molecule has 0 radical (unpaired) electrons. The third-order valence-electron chi connectivity index (χ3n) is 3.49. The summed E-state index contributed by atoms with van der Waals surface area (Å²) in [4.78, 5) is 0. The number of rotatable bonds is 6. The molecule has 3 N–H and O–H groups in total. The summed E-state index contributed by atoms with van der Waals surface area (Å²) in [5.74, 6) is 5.37. The topological polar surface area (TPSA) is 47.3 Å². The molecule has 4 heteroatoms. The van der Waals surface area contributed by atoms with E-state index in [1.165, 1.54) is 18.6 Å². The Hall–Kier alpha value is -0.970. The van der Waals surface area contributed by atoms with E-state index in [1.54, 1.807) is 0 Å². The minimum atomic E-state index is -0.199. The summed E-state index contributed by atoms with van der Waals surface area (Å²) in [6, 6.07) is 6.82. The van der Waals surface area contributed by atoms with Gasteiger partial charge >= 0.3 is 0 Å². The molecule has 18 heavy (non-hydrogen) atoms. The zero-order valence-electron chi connectivity index (χ0n) is 10.6. The number of hydrogen-bond donors (Lipinski definition) is 2. The molecule has 2 unspecified atom stereocenters. The van der Waals surface area contributed by atoms with Crippen molar-refractivity contribution in [2.45, 2.75) is 44.2 Å². The van der Waals surface area contributed by atoms with Crippen LogP contribution >= 0.6 is 0 Å². The molecule has 0 aromatic heterocycles. The second-order valence-electron chi connectivity index (χ2n) is 4.91. The maximum absolute atomic E-state index is 12.8. The largest absolute Gasteiger partial charge is 0.378 e. The van der Waals surface area contributed by atoms with E-state index < -0.39 is 0 Å². The van der Waals surface area contributed by atoms with Crippen molar-refractivity contribution in [3.8, 4) is 0 Å². The molecule has 2 rings (SSSR count). The second-order valence-corrected chi connectivity index (χ2v) is 4.91. The molecule has 1 aliphatic rings. The predicted molar refractivity (Wildman–Crippen MR) is 69.4 cm³/mol. The van der Waals surface area contributed by atoms with Crippen LogP contribution in [0.3, 0.4) is 0 Å². The van der Waals surface area contributed by atoms with Crippen LogP contribution in [0.15, 0.2) is 24.3 Å². The molecule has 1 aromatic carbocycles. The Labute approximate surface area is 107 Å². The Bertz CT molecular complexity index is 349. The lowest BCUT2D eigenvalue weighted by Gasteiger charge is -2.18. The minimum absolute atomic E-state index is 0.199. The van der Waals surface area contributed by atoms with Crippen molar-refractivity contribution >= 4 is 0 Å². The van der Waals surface area contributed by atoms with Gasteiger partial charge in [-0.1, -0.05) is 12.1 Å². The van der Waals surface area contributed by atoms with Crippen molar-refractivity contribution in [3.05, 3.63) is 35.6 Å². The Morgan fingerprint density at radius 2 is 2.17 bits per heavy atom. The van der Waals surface area contributed by atoms with Gasteiger partial charge < -0.3 is 4.74 Å². The average molecular weight is 252 g/mol. The highest BCUT2D eigenvalue weighted by molar-refractivity contribution is 5.17. The van der Waals surface area contributed by atoms with Crippen molar-refractivity contribution in [3.63, 3.8) is 0 Å². The lowest BCUT2D eigenvalue weighted by molar-refractivity contribution is 0.0996.